The van der Waals surface area contributed by atoms with Crippen LogP contribution in [0.5, 0.6) is 34.5 Å². The number of aliphatic hydroxyl groups excluding tert-OH is 1. The van der Waals surface area contributed by atoms with Crippen LogP contribution in [-0.2, 0) is 11.2 Å². The molecule has 0 aliphatic carbocycles. The van der Waals surface area contributed by atoms with Gasteiger partial charge < -0.3 is 38.4 Å². The molecule has 1 amide bonds. The number of fused-ring (bicyclic) bond motifs is 9. The summed E-state index contributed by atoms with van der Waals surface area (Å²) in [5.41, 5.74) is 3.61. The van der Waals surface area contributed by atoms with Crippen LogP contribution in [0.3, 0.4) is 0 Å². The van der Waals surface area contributed by atoms with Gasteiger partial charge in [-0.15, -0.1) is 0 Å². The van der Waals surface area contributed by atoms with E-state index in [9.17, 15) is 14.7 Å². The first-order valence-corrected chi connectivity index (χ1v) is 12.8. The zero-order chi connectivity index (χ0) is 27.9. The Morgan fingerprint density at radius 2 is 1.49 bits per heavy atom. The summed E-state index contributed by atoms with van der Waals surface area (Å²) in [4.78, 5) is 32.3. The Labute approximate surface area is 226 Å². The van der Waals surface area contributed by atoms with Crippen LogP contribution >= 0.6 is 0 Å². The van der Waals surface area contributed by atoms with E-state index in [1.54, 1.807) is 28.3 Å². The topological polar surface area (TPSA) is 116 Å². The van der Waals surface area contributed by atoms with Gasteiger partial charge in [0.15, 0.2) is 28.8 Å². The number of carbonyl (C=O) groups excluding carboxylic acids is 2. The number of carbonyl (C=O) groups is 2. The summed E-state index contributed by atoms with van der Waals surface area (Å²) in [6.07, 6.45) is 0.336. The Hall–Kier alpha value is -3.70. The fourth-order valence-electron chi connectivity index (χ4n) is 7.14. The monoisotopic (exact) mass is 540 g/mol. The SMILES string of the molecule is COc1c(C)c(OC)c(OC)c2c1C[C@H]1C(=O)N3[C@@H](CO)c4c5c(c(C)c(OC)c4C(=O)[C@H]3[C@@H]2N1C)OCO5. The van der Waals surface area contributed by atoms with Crippen LogP contribution in [0.1, 0.15) is 50.3 Å². The van der Waals surface area contributed by atoms with E-state index in [2.05, 4.69) is 0 Å². The summed E-state index contributed by atoms with van der Waals surface area (Å²) in [6, 6.07) is -3.03. The maximum Gasteiger partial charge on any atom is 0.241 e. The largest absolute Gasteiger partial charge is 0.496 e. The van der Waals surface area contributed by atoms with Gasteiger partial charge >= 0.3 is 0 Å². The predicted molar refractivity (Wildman–Crippen MR) is 137 cm³/mol. The van der Waals surface area contributed by atoms with Crippen LogP contribution in [0.4, 0.5) is 0 Å². The number of Topliss-reactive ketones (excluding diaryl/α,β-unsaturated/α-hetero) is 1. The third kappa shape index (κ3) is 3.05. The number of ether oxygens (including phenoxy) is 6. The Balaban J connectivity index is 1.68. The number of nitrogens with zero attached hydrogens (tertiary/aromatic N) is 2. The average molecular weight is 541 g/mol. The van der Waals surface area contributed by atoms with Gasteiger partial charge in [-0.25, -0.2) is 0 Å². The molecule has 2 aromatic rings. The third-order valence-corrected chi connectivity index (χ3v) is 8.70. The van der Waals surface area contributed by atoms with Gasteiger partial charge in [0.25, 0.3) is 0 Å². The minimum Gasteiger partial charge on any atom is -0.496 e. The van der Waals surface area contributed by atoms with E-state index in [-0.39, 0.29) is 24.0 Å². The molecule has 11 nitrogen and oxygen atoms in total. The molecule has 0 radical (unpaired) electrons. The van der Waals surface area contributed by atoms with E-state index in [0.717, 1.165) is 16.7 Å². The number of methoxy groups -OCH3 is 4. The molecule has 4 aliphatic heterocycles. The molecule has 2 bridgehead atoms. The zero-order valence-electron chi connectivity index (χ0n) is 23.0. The first-order valence-electron chi connectivity index (χ1n) is 12.8. The molecule has 39 heavy (non-hydrogen) atoms. The van der Waals surface area contributed by atoms with Crippen LogP contribution in [0.2, 0.25) is 0 Å². The summed E-state index contributed by atoms with van der Waals surface area (Å²) in [7, 11) is 8.03. The molecule has 1 fully saturated rings. The first-order chi connectivity index (χ1) is 18.8. The first kappa shape index (κ1) is 25.6. The lowest BCUT2D eigenvalue weighted by Crippen LogP contribution is -2.68. The third-order valence-electron chi connectivity index (χ3n) is 8.70. The van der Waals surface area contributed by atoms with E-state index in [4.69, 9.17) is 28.4 Å². The van der Waals surface area contributed by atoms with Crippen LogP contribution in [0.25, 0.3) is 0 Å². The maximum atomic E-state index is 14.6. The molecule has 0 spiro atoms. The Bertz CT molecular complexity index is 1420. The number of hydrogen-bond acceptors (Lipinski definition) is 10. The molecular weight excluding hydrogens is 508 g/mol. The van der Waals surface area contributed by atoms with Crippen LogP contribution in [-0.4, -0.2) is 87.6 Å². The van der Waals surface area contributed by atoms with Crippen molar-refractivity contribution >= 4 is 11.7 Å². The van der Waals surface area contributed by atoms with Crippen molar-refractivity contribution in [2.45, 2.75) is 44.4 Å². The Kier molecular flexibility index (Phi) is 5.85. The highest BCUT2D eigenvalue weighted by Gasteiger charge is 2.59. The second kappa shape index (κ2) is 8.92. The minimum absolute atomic E-state index is 0.0308. The average Bonchev–Trinajstić information content (AvgIpc) is 3.42. The molecule has 208 valence electrons. The van der Waals surface area contributed by atoms with E-state index in [1.807, 2.05) is 18.9 Å². The molecule has 1 saturated heterocycles. The van der Waals surface area contributed by atoms with Crippen molar-refractivity contribution in [3.05, 3.63) is 33.4 Å². The molecule has 0 aromatic heterocycles. The Morgan fingerprint density at radius 1 is 0.846 bits per heavy atom. The molecule has 2 aromatic carbocycles. The van der Waals surface area contributed by atoms with Crippen molar-refractivity contribution in [1.29, 1.82) is 0 Å². The standard InChI is InChI=1S/C28H32N2O9/c1-11-22(34-4)13-8-14-28(33)30-15(9-31)17-18(23(35-5)12(2)25-27(17)39-10-38-25)21(32)20(30)19(29(14)3)16(13)26(37-7)24(11)36-6/h14-15,19-20,31H,8-10H2,1-7H3/t14-,15-,19+,20+/m0/s1. The number of ketones is 1. The van der Waals surface area contributed by atoms with E-state index < -0.39 is 30.8 Å². The van der Waals surface area contributed by atoms with Crippen molar-refractivity contribution in [2.24, 2.45) is 0 Å². The number of hydrogen-bond donors (Lipinski definition) is 1. The summed E-state index contributed by atoms with van der Waals surface area (Å²) in [5.74, 6) is 2.18. The van der Waals surface area contributed by atoms with E-state index >= 15 is 0 Å². The van der Waals surface area contributed by atoms with Crippen molar-refractivity contribution in [1.82, 2.24) is 9.80 Å². The van der Waals surface area contributed by atoms with Crippen LogP contribution in [0.15, 0.2) is 0 Å². The van der Waals surface area contributed by atoms with E-state index in [0.29, 0.717) is 52.0 Å². The fourth-order valence-corrected chi connectivity index (χ4v) is 7.14. The highest BCUT2D eigenvalue weighted by molar-refractivity contribution is 6.10. The summed E-state index contributed by atoms with van der Waals surface area (Å²) in [5, 5.41) is 10.8. The molecule has 4 heterocycles. The second-order valence-electron chi connectivity index (χ2n) is 10.2. The van der Waals surface area contributed by atoms with Gasteiger partial charge in [0.2, 0.25) is 12.7 Å². The molecule has 4 atom stereocenters. The number of amides is 1. The van der Waals surface area contributed by atoms with E-state index in [1.165, 1.54) is 12.0 Å². The fraction of sp³-hybridized carbons (Fsp3) is 0.500. The minimum atomic E-state index is -0.984. The van der Waals surface area contributed by atoms with Crippen LogP contribution in [0, 0.1) is 13.8 Å². The molecular formula is C28H32N2O9. The number of aliphatic hydroxyl groups is 1. The van der Waals surface area contributed by atoms with Gasteiger partial charge in [-0.3, -0.25) is 14.5 Å². The summed E-state index contributed by atoms with van der Waals surface area (Å²) in [6.45, 7) is 3.23. The number of benzene rings is 2. The lowest BCUT2D eigenvalue weighted by molar-refractivity contribution is -0.155. The quantitative estimate of drug-likeness (QED) is 0.605. The molecule has 0 saturated carbocycles. The maximum absolute atomic E-state index is 14.6. The van der Waals surface area contributed by atoms with Gasteiger partial charge in [0.1, 0.15) is 17.5 Å². The lowest BCUT2D eigenvalue weighted by atomic mass is 9.73. The van der Waals surface area contributed by atoms with Crippen molar-refractivity contribution < 1.29 is 43.1 Å². The van der Waals surface area contributed by atoms with Gasteiger partial charge in [0, 0.05) is 34.2 Å². The normalized spacial score (nSPS) is 24.7. The van der Waals surface area contributed by atoms with Gasteiger partial charge in [-0.1, -0.05) is 0 Å². The highest BCUT2D eigenvalue weighted by atomic mass is 16.7. The van der Waals surface area contributed by atoms with Gasteiger partial charge in [-0.2, -0.15) is 0 Å². The van der Waals surface area contributed by atoms with Crippen molar-refractivity contribution in [3.63, 3.8) is 0 Å². The number of piperazine rings is 1. The molecule has 1 N–H and O–H groups in total. The molecule has 11 heteroatoms. The molecule has 6 rings (SSSR count). The highest BCUT2D eigenvalue weighted by Crippen LogP contribution is 2.58. The zero-order valence-corrected chi connectivity index (χ0v) is 23.0. The molecule has 4 aliphatic rings. The number of rotatable bonds is 5. The lowest BCUT2D eigenvalue weighted by Gasteiger charge is -2.56. The molecule has 0 unspecified atom stereocenters. The second-order valence-corrected chi connectivity index (χ2v) is 10.2. The Morgan fingerprint density at radius 3 is 2.10 bits per heavy atom. The summed E-state index contributed by atoms with van der Waals surface area (Å²) < 4.78 is 34.8. The van der Waals surface area contributed by atoms with Gasteiger partial charge in [-0.05, 0) is 20.9 Å². The van der Waals surface area contributed by atoms with Crippen molar-refractivity contribution in [3.8, 4) is 34.5 Å². The van der Waals surface area contributed by atoms with Gasteiger partial charge in [0.05, 0.1) is 58.7 Å². The predicted octanol–water partition coefficient (Wildman–Crippen LogP) is 2.10. The smallest absolute Gasteiger partial charge is 0.241 e. The summed E-state index contributed by atoms with van der Waals surface area (Å²) >= 11 is 0. The van der Waals surface area contributed by atoms with Crippen LogP contribution < -0.4 is 28.4 Å². The van der Waals surface area contributed by atoms with Crippen molar-refractivity contribution in [2.75, 3.05) is 48.9 Å². The number of likely N-dealkylation sites (N-methyl/N-ethyl adjacent to an activating group) is 1.